The van der Waals surface area contributed by atoms with Crippen LogP contribution in [-0.2, 0) is 0 Å². The van der Waals surface area contributed by atoms with E-state index in [1.165, 1.54) is 38.5 Å². The maximum absolute atomic E-state index is 9.57. The summed E-state index contributed by atoms with van der Waals surface area (Å²) in [5.74, 6) is 1.51. The number of aromatic nitrogens is 2. The molecule has 1 unspecified atom stereocenters. The normalized spacial score (nSPS) is 19.9. The van der Waals surface area contributed by atoms with Crippen molar-refractivity contribution in [3.63, 3.8) is 0 Å². The van der Waals surface area contributed by atoms with Gasteiger partial charge in [0.1, 0.15) is 5.82 Å². The Morgan fingerprint density at radius 3 is 2.41 bits per heavy atom. The third-order valence-electron chi connectivity index (χ3n) is 3.71. The van der Waals surface area contributed by atoms with Gasteiger partial charge in [0.05, 0.1) is 6.10 Å². The van der Waals surface area contributed by atoms with E-state index >= 15 is 0 Å². The molecule has 3 heteroatoms. The van der Waals surface area contributed by atoms with Gasteiger partial charge < -0.3 is 5.11 Å². The van der Waals surface area contributed by atoms with E-state index in [1.807, 2.05) is 6.92 Å². The Morgan fingerprint density at radius 1 is 1.24 bits per heavy atom. The van der Waals surface area contributed by atoms with E-state index in [1.54, 1.807) is 13.1 Å². The van der Waals surface area contributed by atoms with E-state index < -0.39 is 6.10 Å². The number of rotatable bonds is 2. The van der Waals surface area contributed by atoms with Crippen LogP contribution in [0.1, 0.15) is 74.6 Å². The molecular weight excluding hydrogens is 212 g/mol. The Balaban J connectivity index is 2.18. The third-order valence-corrected chi connectivity index (χ3v) is 3.71. The summed E-state index contributed by atoms with van der Waals surface area (Å²) >= 11 is 0. The van der Waals surface area contributed by atoms with Gasteiger partial charge >= 0.3 is 0 Å². The Morgan fingerprint density at radius 2 is 1.88 bits per heavy atom. The molecule has 0 amide bonds. The molecule has 1 aliphatic carbocycles. The zero-order valence-corrected chi connectivity index (χ0v) is 10.8. The van der Waals surface area contributed by atoms with Crippen molar-refractivity contribution in [3.05, 3.63) is 23.3 Å². The van der Waals surface area contributed by atoms with Crippen molar-refractivity contribution in [1.82, 2.24) is 9.97 Å². The van der Waals surface area contributed by atoms with Gasteiger partial charge in [-0.25, -0.2) is 9.97 Å². The zero-order chi connectivity index (χ0) is 12.3. The largest absolute Gasteiger partial charge is 0.389 e. The lowest BCUT2D eigenvalue weighted by Crippen LogP contribution is -2.08. The Labute approximate surface area is 103 Å². The van der Waals surface area contributed by atoms with E-state index in [2.05, 4.69) is 9.97 Å². The molecule has 0 aromatic carbocycles. The molecule has 1 fully saturated rings. The minimum Gasteiger partial charge on any atom is -0.389 e. The van der Waals surface area contributed by atoms with Gasteiger partial charge in [-0.1, -0.05) is 25.7 Å². The van der Waals surface area contributed by atoms with E-state index in [0.717, 1.165) is 17.1 Å². The van der Waals surface area contributed by atoms with Crippen LogP contribution in [-0.4, -0.2) is 15.1 Å². The molecule has 0 radical (unpaired) electrons. The molecule has 1 heterocycles. The molecule has 1 aromatic heterocycles. The highest BCUT2D eigenvalue weighted by atomic mass is 16.3. The molecule has 0 bridgehead atoms. The fourth-order valence-corrected chi connectivity index (χ4v) is 2.64. The van der Waals surface area contributed by atoms with Crippen LogP contribution in [0.3, 0.4) is 0 Å². The van der Waals surface area contributed by atoms with Crippen LogP contribution in [0.2, 0.25) is 0 Å². The molecular formula is C14H22N2O. The lowest BCUT2D eigenvalue weighted by molar-refractivity contribution is 0.197. The second-order valence-electron chi connectivity index (χ2n) is 5.13. The van der Waals surface area contributed by atoms with Crippen LogP contribution in [0.15, 0.2) is 6.20 Å². The number of hydrogen-bond acceptors (Lipinski definition) is 3. The molecule has 1 N–H and O–H groups in total. The number of aliphatic hydroxyl groups is 1. The summed E-state index contributed by atoms with van der Waals surface area (Å²) in [6.07, 6.45) is 9.05. The first-order chi connectivity index (χ1) is 8.18. The molecule has 3 nitrogen and oxygen atoms in total. The van der Waals surface area contributed by atoms with Crippen molar-refractivity contribution in [2.45, 2.75) is 64.4 Å². The summed E-state index contributed by atoms with van der Waals surface area (Å²) in [5.41, 5.74) is 1.77. The monoisotopic (exact) mass is 234 g/mol. The Hall–Kier alpha value is -0.960. The first-order valence-corrected chi connectivity index (χ1v) is 6.70. The van der Waals surface area contributed by atoms with Gasteiger partial charge in [0.2, 0.25) is 0 Å². The average Bonchev–Trinajstić information content (AvgIpc) is 2.56. The average molecular weight is 234 g/mol. The summed E-state index contributed by atoms with van der Waals surface area (Å²) in [4.78, 5) is 9.04. The van der Waals surface area contributed by atoms with Crippen molar-refractivity contribution in [3.8, 4) is 0 Å². The zero-order valence-electron chi connectivity index (χ0n) is 10.8. The predicted molar refractivity (Wildman–Crippen MR) is 67.8 cm³/mol. The Kier molecular flexibility index (Phi) is 4.11. The van der Waals surface area contributed by atoms with Gasteiger partial charge in [-0.2, -0.15) is 0 Å². The summed E-state index contributed by atoms with van der Waals surface area (Å²) < 4.78 is 0. The van der Waals surface area contributed by atoms with Crippen LogP contribution >= 0.6 is 0 Å². The molecule has 1 saturated carbocycles. The highest BCUT2D eigenvalue weighted by Gasteiger charge is 2.18. The van der Waals surface area contributed by atoms with Gasteiger partial charge in [-0.05, 0) is 26.7 Å². The topological polar surface area (TPSA) is 46.0 Å². The number of aryl methyl sites for hydroxylation is 1. The number of hydrogen-bond donors (Lipinski definition) is 1. The first-order valence-electron chi connectivity index (χ1n) is 6.70. The van der Waals surface area contributed by atoms with Crippen molar-refractivity contribution in [1.29, 1.82) is 0 Å². The molecule has 0 saturated heterocycles. The summed E-state index contributed by atoms with van der Waals surface area (Å²) in [6, 6.07) is 0. The van der Waals surface area contributed by atoms with Crippen molar-refractivity contribution in [2.75, 3.05) is 0 Å². The molecule has 1 aromatic rings. The highest BCUT2D eigenvalue weighted by molar-refractivity contribution is 5.19. The maximum Gasteiger partial charge on any atom is 0.131 e. The second-order valence-corrected chi connectivity index (χ2v) is 5.13. The number of aliphatic hydroxyl groups excluding tert-OH is 1. The third kappa shape index (κ3) is 3.03. The minimum absolute atomic E-state index is 0.474. The van der Waals surface area contributed by atoms with Crippen LogP contribution < -0.4 is 0 Å². The molecule has 0 spiro atoms. The second kappa shape index (κ2) is 5.58. The van der Waals surface area contributed by atoms with Gasteiger partial charge in [0, 0.05) is 23.4 Å². The van der Waals surface area contributed by atoms with Gasteiger partial charge in [-0.15, -0.1) is 0 Å². The predicted octanol–water partition coefficient (Wildman–Crippen LogP) is 3.28. The maximum atomic E-state index is 9.57. The van der Waals surface area contributed by atoms with Crippen molar-refractivity contribution in [2.24, 2.45) is 0 Å². The van der Waals surface area contributed by atoms with Crippen molar-refractivity contribution >= 4 is 0 Å². The van der Waals surface area contributed by atoms with Crippen LogP contribution in [0.25, 0.3) is 0 Å². The van der Waals surface area contributed by atoms with Crippen molar-refractivity contribution < 1.29 is 5.11 Å². The molecule has 0 aliphatic heterocycles. The smallest absolute Gasteiger partial charge is 0.131 e. The van der Waals surface area contributed by atoms with Gasteiger partial charge in [0.25, 0.3) is 0 Å². The molecule has 1 aliphatic rings. The van der Waals surface area contributed by atoms with Crippen LogP contribution in [0.5, 0.6) is 0 Å². The van der Waals surface area contributed by atoms with E-state index in [-0.39, 0.29) is 0 Å². The molecule has 2 rings (SSSR count). The fourth-order valence-electron chi connectivity index (χ4n) is 2.64. The summed E-state index contributed by atoms with van der Waals surface area (Å²) in [7, 11) is 0. The first kappa shape index (κ1) is 12.5. The quantitative estimate of drug-likeness (QED) is 0.799. The van der Waals surface area contributed by atoms with Gasteiger partial charge in [0.15, 0.2) is 0 Å². The van der Waals surface area contributed by atoms with E-state index in [9.17, 15) is 5.11 Å². The fraction of sp³-hybridized carbons (Fsp3) is 0.714. The molecule has 17 heavy (non-hydrogen) atoms. The number of nitrogens with zero attached hydrogens (tertiary/aromatic N) is 2. The minimum atomic E-state index is -0.474. The lowest BCUT2D eigenvalue weighted by atomic mass is 9.99. The summed E-state index contributed by atoms with van der Waals surface area (Å²) in [5, 5.41) is 9.57. The van der Waals surface area contributed by atoms with E-state index in [0.29, 0.717) is 5.92 Å². The Bertz CT molecular complexity index is 368. The SMILES string of the molecule is Cc1nc(C2CCCCCC2)ncc1C(C)O. The molecule has 1 atom stereocenters. The standard InChI is InChI=1S/C14H22N2O/c1-10-13(11(2)17)9-15-14(16-10)12-7-5-3-4-6-8-12/h9,11-12,17H,3-8H2,1-2H3. The van der Waals surface area contributed by atoms with E-state index in [4.69, 9.17) is 0 Å². The molecule has 94 valence electrons. The van der Waals surface area contributed by atoms with Gasteiger partial charge in [-0.3, -0.25) is 0 Å². The van der Waals surface area contributed by atoms with Crippen LogP contribution in [0.4, 0.5) is 0 Å². The highest BCUT2D eigenvalue weighted by Crippen LogP contribution is 2.30. The lowest BCUT2D eigenvalue weighted by Gasteiger charge is -2.15. The summed E-state index contributed by atoms with van der Waals surface area (Å²) in [6.45, 7) is 3.72. The van der Waals surface area contributed by atoms with Crippen LogP contribution in [0, 0.1) is 6.92 Å².